The van der Waals surface area contributed by atoms with Gasteiger partial charge in [0.2, 0.25) is 0 Å². The molecule has 0 spiro atoms. The molecule has 0 radical (unpaired) electrons. The van der Waals surface area contributed by atoms with Gasteiger partial charge in [-0.15, -0.1) is 0 Å². The van der Waals surface area contributed by atoms with E-state index in [1.54, 1.807) is 0 Å². The minimum atomic E-state index is -0.376. The van der Waals surface area contributed by atoms with E-state index in [1.807, 2.05) is 48.5 Å². The molecule has 3 unspecified atom stereocenters. The predicted molar refractivity (Wildman–Crippen MR) is 114 cm³/mol. The fourth-order valence-corrected chi connectivity index (χ4v) is 3.93. The van der Waals surface area contributed by atoms with Gasteiger partial charge >= 0.3 is 6.09 Å². The average Bonchev–Trinajstić information content (AvgIpc) is 3.53. The lowest BCUT2D eigenvalue weighted by Gasteiger charge is -2.19. The molecule has 142 valence electrons. The third-order valence-corrected chi connectivity index (χ3v) is 5.74. The number of halogens is 1. The van der Waals surface area contributed by atoms with Crippen LogP contribution in [0, 0.1) is 5.92 Å². The third kappa shape index (κ3) is 4.63. The molecule has 3 nitrogen and oxygen atoms in total. The van der Waals surface area contributed by atoms with Gasteiger partial charge in [0.25, 0.3) is 0 Å². The Bertz CT molecular complexity index is 912. The first-order valence-corrected chi connectivity index (χ1v) is 10.3. The van der Waals surface area contributed by atoms with Crippen LogP contribution in [-0.2, 0) is 11.3 Å². The molecule has 3 aromatic carbocycles. The number of carbonyl (C=O) groups excluding carboxylic acids is 1. The monoisotopic (exact) mass is 435 g/mol. The Hall–Kier alpha value is -2.59. The molecule has 28 heavy (non-hydrogen) atoms. The summed E-state index contributed by atoms with van der Waals surface area (Å²) in [7, 11) is 0. The summed E-state index contributed by atoms with van der Waals surface area (Å²) in [4.78, 5) is 12.5. The zero-order chi connectivity index (χ0) is 19.3. The van der Waals surface area contributed by atoms with Gasteiger partial charge in [0.1, 0.15) is 6.61 Å². The van der Waals surface area contributed by atoms with Crippen molar-refractivity contribution in [2.45, 2.75) is 25.0 Å². The second-order valence-corrected chi connectivity index (χ2v) is 8.07. The molecule has 1 saturated carbocycles. The van der Waals surface area contributed by atoms with E-state index >= 15 is 0 Å². The molecule has 1 fully saturated rings. The molecular weight excluding hydrogens is 414 g/mol. The molecule has 1 aliphatic rings. The van der Waals surface area contributed by atoms with Gasteiger partial charge in [-0.3, -0.25) is 0 Å². The molecule has 3 atom stereocenters. The number of rotatable bonds is 6. The Morgan fingerprint density at radius 2 is 1.61 bits per heavy atom. The zero-order valence-corrected chi connectivity index (χ0v) is 17.0. The van der Waals surface area contributed by atoms with E-state index in [4.69, 9.17) is 4.74 Å². The van der Waals surface area contributed by atoms with Crippen molar-refractivity contribution >= 4 is 22.0 Å². The maximum absolute atomic E-state index is 12.5. The molecular formula is C24H22BrNO2. The summed E-state index contributed by atoms with van der Waals surface area (Å²) in [5.74, 6) is 0.820. The topological polar surface area (TPSA) is 38.3 Å². The van der Waals surface area contributed by atoms with Gasteiger partial charge < -0.3 is 10.1 Å². The minimum absolute atomic E-state index is 0.0573. The minimum Gasteiger partial charge on any atom is -0.445 e. The van der Waals surface area contributed by atoms with Gasteiger partial charge in [0.05, 0.1) is 6.04 Å². The zero-order valence-electron chi connectivity index (χ0n) is 15.4. The van der Waals surface area contributed by atoms with Crippen LogP contribution in [0.3, 0.4) is 0 Å². The first-order valence-electron chi connectivity index (χ1n) is 9.48. The van der Waals surface area contributed by atoms with Crippen LogP contribution >= 0.6 is 15.9 Å². The molecule has 0 saturated heterocycles. The fourth-order valence-electron chi connectivity index (χ4n) is 3.67. The number of alkyl carbamates (subject to hydrolysis) is 1. The molecule has 0 aliphatic heterocycles. The number of carbonyl (C=O) groups is 1. The summed E-state index contributed by atoms with van der Waals surface area (Å²) in [6.45, 7) is 0.273. The Morgan fingerprint density at radius 3 is 2.29 bits per heavy atom. The Labute approximate surface area is 173 Å². The highest BCUT2D eigenvalue weighted by molar-refractivity contribution is 9.10. The molecule has 4 rings (SSSR count). The van der Waals surface area contributed by atoms with E-state index in [2.05, 4.69) is 57.6 Å². The summed E-state index contributed by atoms with van der Waals surface area (Å²) in [6.07, 6.45) is 0.680. The van der Waals surface area contributed by atoms with E-state index in [0.29, 0.717) is 11.8 Å². The molecule has 4 heteroatoms. The third-order valence-electron chi connectivity index (χ3n) is 5.21. The van der Waals surface area contributed by atoms with E-state index in [1.165, 1.54) is 5.56 Å². The SMILES string of the molecule is O=C(NC(c1ccccc1)C1CC1c1ccc(Br)cc1)OCc1ccccc1. The van der Waals surface area contributed by atoms with Crippen LogP contribution in [0.4, 0.5) is 4.79 Å². The van der Waals surface area contributed by atoms with Crippen LogP contribution in [0.25, 0.3) is 0 Å². The van der Waals surface area contributed by atoms with Gasteiger partial charge in [-0.2, -0.15) is 0 Å². The van der Waals surface area contributed by atoms with Crippen molar-refractivity contribution in [3.63, 3.8) is 0 Å². The van der Waals surface area contributed by atoms with Crippen molar-refractivity contribution in [1.82, 2.24) is 5.32 Å². The lowest BCUT2D eigenvalue weighted by Crippen LogP contribution is -2.30. The van der Waals surface area contributed by atoms with Crippen molar-refractivity contribution in [2.75, 3.05) is 0 Å². The van der Waals surface area contributed by atoms with E-state index < -0.39 is 0 Å². The van der Waals surface area contributed by atoms with Crippen LogP contribution in [0.1, 0.15) is 35.1 Å². The molecule has 1 amide bonds. The highest BCUT2D eigenvalue weighted by Gasteiger charge is 2.45. The molecule has 1 N–H and O–H groups in total. The number of ether oxygens (including phenoxy) is 1. The average molecular weight is 436 g/mol. The summed E-state index contributed by atoms with van der Waals surface area (Å²) in [6, 6.07) is 28.3. The predicted octanol–water partition coefficient (Wildman–Crippen LogP) is 6.22. The van der Waals surface area contributed by atoms with Crippen LogP contribution < -0.4 is 5.32 Å². The quantitative estimate of drug-likeness (QED) is 0.498. The van der Waals surface area contributed by atoms with Crippen molar-refractivity contribution in [3.05, 3.63) is 106 Å². The molecule has 0 heterocycles. The Kier molecular flexibility index (Phi) is 5.77. The Morgan fingerprint density at radius 1 is 0.964 bits per heavy atom. The fraction of sp³-hybridized carbons (Fsp3) is 0.208. The number of nitrogens with one attached hydrogen (secondary N) is 1. The first kappa shape index (κ1) is 18.8. The summed E-state index contributed by atoms with van der Waals surface area (Å²) in [5.41, 5.74) is 3.41. The number of hydrogen-bond donors (Lipinski definition) is 1. The first-order chi connectivity index (χ1) is 13.7. The second-order valence-electron chi connectivity index (χ2n) is 7.15. The van der Waals surface area contributed by atoms with Crippen LogP contribution in [-0.4, -0.2) is 6.09 Å². The lowest BCUT2D eigenvalue weighted by molar-refractivity contribution is 0.134. The van der Waals surface area contributed by atoms with E-state index in [0.717, 1.165) is 22.0 Å². The summed E-state index contributed by atoms with van der Waals surface area (Å²) in [5, 5.41) is 3.11. The number of benzene rings is 3. The summed E-state index contributed by atoms with van der Waals surface area (Å²) < 4.78 is 6.54. The van der Waals surface area contributed by atoms with Gasteiger partial charge in [0, 0.05) is 4.47 Å². The smallest absolute Gasteiger partial charge is 0.407 e. The lowest BCUT2D eigenvalue weighted by atomic mass is 9.99. The number of hydrogen-bond acceptors (Lipinski definition) is 2. The highest BCUT2D eigenvalue weighted by Crippen LogP contribution is 2.54. The normalized spacial score (nSPS) is 18.9. The van der Waals surface area contributed by atoms with E-state index in [9.17, 15) is 4.79 Å². The van der Waals surface area contributed by atoms with Crippen molar-refractivity contribution < 1.29 is 9.53 Å². The molecule has 0 bridgehead atoms. The van der Waals surface area contributed by atoms with Gasteiger partial charge in [0.15, 0.2) is 0 Å². The maximum atomic E-state index is 12.5. The maximum Gasteiger partial charge on any atom is 0.407 e. The van der Waals surface area contributed by atoms with Crippen LogP contribution in [0.5, 0.6) is 0 Å². The number of amides is 1. The highest BCUT2D eigenvalue weighted by atomic mass is 79.9. The second kappa shape index (κ2) is 8.61. The van der Waals surface area contributed by atoms with Crippen molar-refractivity contribution in [1.29, 1.82) is 0 Å². The van der Waals surface area contributed by atoms with Gasteiger partial charge in [-0.25, -0.2) is 4.79 Å². The molecule has 0 aromatic heterocycles. The van der Waals surface area contributed by atoms with Crippen molar-refractivity contribution in [3.8, 4) is 0 Å². The largest absolute Gasteiger partial charge is 0.445 e. The van der Waals surface area contributed by atoms with E-state index in [-0.39, 0.29) is 18.7 Å². The standard InChI is InChI=1S/C24H22BrNO2/c25-20-13-11-18(12-14-20)21-15-22(21)23(19-9-5-2-6-10-19)26-24(27)28-16-17-7-3-1-4-8-17/h1-14,21-23H,15-16H2,(H,26,27). The van der Waals surface area contributed by atoms with Gasteiger partial charge in [-0.05, 0) is 47.1 Å². The molecule has 3 aromatic rings. The molecule has 1 aliphatic carbocycles. The van der Waals surface area contributed by atoms with Gasteiger partial charge in [-0.1, -0.05) is 88.7 Å². The Balaban J connectivity index is 1.44. The van der Waals surface area contributed by atoms with Crippen molar-refractivity contribution in [2.24, 2.45) is 5.92 Å². The van der Waals surface area contributed by atoms with Crippen LogP contribution in [0.2, 0.25) is 0 Å². The summed E-state index contributed by atoms with van der Waals surface area (Å²) >= 11 is 3.49. The van der Waals surface area contributed by atoms with Crippen LogP contribution in [0.15, 0.2) is 89.4 Å².